The minimum atomic E-state index is -3.95. The molecule has 158 valence electrons. The zero-order valence-electron chi connectivity index (χ0n) is 16.8. The molecule has 1 heterocycles. The van der Waals surface area contributed by atoms with E-state index in [-0.39, 0.29) is 29.4 Å². The highest BCUT2D eigenvalue weighted by atomic mass is 32.2. The molecule has 3 rings (SSSR count). The molecule has 0 fully saturated rings. The number of non-ortho nitro benzene ring substituents is 1. The number of hydrogen-bond donors (Lipinski definition) is 1. The molecule has 0 amide bonds. The van der Waals surface area contributed by atoms with Gasteiger partial charge in [0, 0.05) is 30.6 Å². The van der Waals surface area contributed by atoms with E-state index in [1.165, 1.54) is 16.4 Å². The maximum atomic E-state index is 13.0. The Bertz CT molecular complexity index is 1180. The normalized spacial score (nSPS) is 12.5. The monoisotopic (exact) mass is 430 g/mol. The Morgan fingerprint density at radius 3 is 2.50 bits per heavy atom. The predicted octanol–water partition coefficient (Wildman–Crippen LogP) is 4.21. The number of sulfonamides is 1. The van der Waals surface area contributed by atoms with Crippen LogP contribution in [0.5, 0.6) is 0 Å². The molecule has 0 aliphatic rings. The van der Waals surface area contributed by atoms with E-state index in [4.69, 9.17) is 4.42 Å². The molecule has 0 bridgehead atoms. The summed E-state index contributed by atoms with van der Waals surface area (Å²) in [5, 5.41) is 16.3. The summed E-state index contributed by atoms with van der Waals surface area (Å²) in [5.74, 6) is 0.527. The number of benzene rings is 2. The van der Waals surface area contributed by atoms with Crippen LogP contribution in [-0.4, -0.2) is 36.4 Å². The van der Waals surface area contributed by atoms with Gasteiger partial charge < -0.3 is 4.42 Å². The van der Waals surface area contributed by atoms with Gasteiger partial charge in [-0.25, -0.2) is 8.42 Å². The molecular weight excluding hydrogens is 408 g/mol. The molecule has 0 atom stereocenters. The van der Waals surface area contributed by atoms with Crippen LogP contribution in [0.2, 0.25) is 0 Å². The van der Waals surface area contributed by atoms with Crippen LogP contribution in [0.1, 0.15) is 26.5 Å². The lowest BCUT2D eigenvalue weighted by atomic mass is 10.2. The van der Waals surface area contributed by atoms with Crippen molar-refractivity contribution in [3.8, 4) is 0 Å². The first-order valence-corrected chi connectivity index (χ1v) is 10.8. The summed E-state index contributed by atoms with van der Waals surface area (Å²) in [6.07, 6.45) is 0. The number of nitrogens with zero attached hydrogens (tertiary/aromatic N) is 3. The first-order valence-electron chi connectivity index (χ1n) is 9.35. The summed E-state index contributed by atoms with van der Waals surface area (Å²) in [7, 11) is -3.95. The summed E-state index contributed by atoms with van der Waals surface area (Å²) < 4.78 is 33.0. The summed E-state index contributed by atoms with van der Waals surface area (Å²) in [4.78, 5) is 10.3. The maximum Gasteiger partial charge on any atom is 0.270 e. The van der Waals surface area contributed by atoms with Gasteiger partial charge in [0.05, 0.1) is 10.6 Å². The highest BCUT2D eigenvalue weighted by molar-refractivity contribution is 7.89. The van der Waals surface area contributed by atoms with Gasteiger partial charge in [0.1, 0.15) is 16.2 Å². The molecule has 0 aliphatic carbocycles. The Labute approximate surface area is 174 Å². The average Bonchev–Trinajstić information content (AvgIpc) is 3.17. The van der Waals surface area contributed by atoms with Crippen molar-refractivity contribution in [2.24, 2.45) is 5.10 Å². The van der Waals surface area contributed by atoms with Gasteiger partial charge in [-0.2, -0.15) is 9.41 Å². The molecule has 0 saturated heterocycles. The molecule has 0 spiro atoms. The number of nitro groups is 1. The van der Waals surface area contributed by atoms with Gasteiger partial charge in [-0.1, -0.05) is 32.0 Å². The van der Waals surface area contributed by atoms with Gasteiger partial charge >= 0.3 is 0 Å². The van der Waals surface area contributed by atoms with Crippen LogP contribution in [0, 0.1) is 10.1 Å². The maximum absolute atomic E-state index is 13.0. The number of nitro benzene ring substituents is 1. The molecule has 9 nitrogen and oxygen atoms in total. The van der Waals surface area contributed by atoms with E-state index in [1.807, 2.05) is 30.3 Å². The fourth-order valence-corrected chi connectivity index (χ4v) is 4.61. The summed E-state index contributed by atoms with van der Waals surface area (Å²) in [5.41, 5.74) is 3.76. The molecule has 30 heavy (non-hydrogen) atoms. The molecule has 3 aromatic rings. The molecule has 1 N–H and O–H groups in total. The van der Waals surface area contributed by atoms with E-state index in [0.29, 0.717) is 17.1 Å². The number of hydrogen-bond acceptors (Lipinski definition) is 7. The standard InChI is InChI=1S/C20H22N4O5S/c1-4-23(5-2)30(27,28)20-13-16(24(25)26)10-11-17(20)22-21-14(3)19-12-15-8-6-7-9-18(15)29-19/h6-13,22H,4-5H2,1-3H3. The molecule has 1 aromatic heterocycles. The third-order valence-corrected chi connectivity index (χ3v) is 6.72. The van der Waals surface area contributed by atoms with Crippen molar-refractivity contribution in [2.75, 3.05) is 18.5 Å². The van der Waals surface area contributed by atoms with Gasteiger partial charge in [-0.05, 0) is 25.1 Å². The van der Waals surface area contributed by atoms with Gasteiger partial charge in [0.15, 0.2) is 5.76 Å². The Balaban J connectivity index is 2.00. The minimum absolute atomic E-state index is 0.142. The molecule has 0 unspecified atom stereocenters. The molecule has 0 saturated carbocycles. The Morgan fingerprint density at radius 2 is 1.87 bits per heavy atom. The highest BCUT2D eigenvalue weighted by Crippen LogP contribution is 2.29. The van der Waals surface area contributed by atoms with Gasteiger partial charge in [0.25, 0.3) is 5.69 Å². The van der Waals surface area contributed by atoms with Crippen molar-refractivity contribution in [1.29, 1.82) is 0 Å². The number of para-hydroxylation sites is 1. The zero-order valence-corrected chi connectivity index (χ0v) is 17.6. The van der Waals surface area contributed by atoms with E-state index in [0.717, 1.165) is 11.5 Å². The first kappa shape index (κ1) is 21.5. The largest absolute Gasteiger partial charge is 0.455 e. The average molecular weight is 430 g/mol. The van der Waals surface area contributed by atoms with E-state index < -0.39 is 14.9 Å². The van der Waals surface area contributed by atoms with Crippen molar-refractivity contribution in [3.05, 3.63) is 64.4 Å². The second-order valence-electron chi connectivity index (χ2n) is 6.48. The van der Waals surface area contributed by atoms with Crippen LogP contribution in [0.4, 0.5) is 11.4 Å². The van der Waals surface area contributed by atoms with Crippen molar-refractivity contribution in [2.45, 2.75) is 25.7 Å². The number of furan rings is 1. The zero-order chi connectivity index (χ0) is 21.9. The lowest BCUT2D eigenvalue weighted by Gasteiger charge is -2.20. The smallest absolute Gasteiger partial charge is 0.270 e. The number of hydrazone groups is 1. The quantitative estimate of drug-likeness (QED) is 0.325. The van der Waals surface area contributed by atoms with E-state index in [2.05, 4.69) is 10.5 Å². The van der Waals surface area contributed by atoms with Crippen molar-refractivity contribution in [3.63, 3.8) is 0 Å². The number of nitrogens with one attached hydrogen (secondary N) is 1. The summed E-state index contributed by atoms with van der Waals surface area (Å²) in [6, 6.07) is 13.0. The van der Waals surface area contributed by atoms with Crippen LogP contribution >= 0.6 is 0 Å². The predicted molar refractivity (Wildman–Crippen MR) is 115 cm³/mol. The Hall–Kier alpha value is -3.24. The Morgan fingerprint density at radius 1 is 1.17 bits per heavy atom. The van der Waals surface area contributed by atoms with Crippen molar-refractivity contribution >= 4 is 38.1 Å². The van der Waals surface area contributed by atoms with Crippen LogP contribution < -0.4 is 5.43 Å². The second-order valence-corrected chi connectivity index (χ2v) is 8.39. The van der Waals surface area contributed by atoms with Crippen LogP contribution in [0.25, 0.3) is 11.0 Å². The lowest BCUT2D eigenvalue weighted by Crippen LogP contribution is -2.31. The summed E-state index contributed by atoms with van der Waals surface area (Å²) >= 11 is 0. The Kier molecular flexibility index (Phi) is 6.18. The minimum Gasteiger partial charge on any atom is -0.455 e. The van der Waals surface area contributed by atoms with Crippen LogP contribution in [-0.2, 0) is 10.0 Å². The molecule has 0 radical (unpaired) electrons. The SMILES string of the molecule is CCN(CC)S(=O)(=O)c1cc([N+](=O)[O-])ccc1NN=C(C)c1cc2ccccc2o1. The third-order valence-electron chi connectivity index (χ3n) is 4.63. The topological polar surface area (TPSA) is 118 Å². The van der Waals surface area contributed by atoms with E-state index in [9.17, 15) is 18.5 Å². The molecule has 2 aromatic carbocycles. The van der Waals surface area contributed by atoms with Crippen LogP contribution in [0.3, 0.4) is 0 Å². The third kappa shape index (κ3) is 4.19. The fraction of sp³-hybridized carbons (Fsp3) is 0.250. The fourth-order valence-electron chi connectivity index (χ4n) is 2.99. The lowest BCUT2D eigenvalue weighted by molar-refractivity contribution is -0.385. The van der Waals surface area contributed by atoms with Crippen molar-refractivity contribution in [1.82, 2.24) is 4.31 Å². The highest BCUT2D eigenvalue weighted by Gasteiger charge is 2.27. The molecular formula is C20H22N4O5S. The van der Waals surface area contributed by atoms with Gasteiger partial charge in [-0.3, -0.25) is 15.5 Å². The second kappa shape index (κ2) is 8.64. The van der Waals surface area contributed by atoms with Crippen LogP contribution in [0.15, 0.2) is 62.9 Å². The molecule has 0 aliphatic heterocycles. The van der Waals surface area contributed by atoms with E-state index in [1.54, 1.807) is 20.8 Å². The van der Waals surface area contributed by atoms with Crippen molar-refractivity contribution < 1.29 is 17.8 Å². The number of fused-ring (bicyclic) bond motifs is 1. The molecule has 10 heteroatoms. The van der Waals surface area contributed by atoms with Gasteiger partial charge in [-0.15, -0.1) is 0 Å². The number of anilines is 1. The number of rotatable bonds is 8. The van der Waals surface area contributed by atoms with E-state index >= 15 is 0 Å². The van der Waals surface area contributed by atoms with Gasteiger partial charge in [0.2, 0.25) is 10.0 Å². The summed E-state index contributed by atoms with van der Waals surface area (Å²) in [6.45, 7) is 5.60. The first-order chi connectivity index (χ1) is 14.3.